The molecule has 0 aromatic carbocycles. The van der Waals surface area contributed by atoms with Crippen LogP contribution >= 0.6 is 0 Å². The second-order valence-electron chi connectivity index (χ2n) is 5.23. The molecule has 104 valence electrons. The van der Waals surface area contributed by atoms with Crippen molar-refractivity contribution in [3.63, 3.8) is 0 Å². The van der Waals surface area contributed by atoms with E-state index < -0.39 is 0 Å². The van der Waals surface area contributed by atoms with Crippen molar-refractivity contribution in [2.24, 2.45) is 11.8 Å². The van der Waals surface area contributed by atoms with E-state index in [4.69, 9.17) is 0 Å². The molecule has 2 unspecified atom stereocenters. The maximum atomic E-state index is 11.7. The Morgan fingerprint density at radius 2 is 2.11 bits per heavy atom. The predicted molar refractivity (Wildman–Crippen MR) is 71.6 cm³/mol. The van der Waals surface area contributed by atoms with Crippen LogP contribution in [-0.4, -0.2) is 28.6 Å². The van der Waals surface area contributed by atoms with Gasteiger partial charge < -0.3 is 10.6 Å². The monoisotopic (exact) mass is 264 g/mol. The Labute approximate surface area is 112 Å². The molecule has 0 radical (unpaired) electrons. The van der Waals surface area contributed by atoms with Gasteiger partial charge in [-0.1, -0.05) is 6.92 Å². The maximum absolute atomic E-state index is 11.7. The standard InChI is InChI=1S/C13H20N4O2/c1-7-6-10(7)13(19)14-5-4-11(18)15-12-8(2)9(3)16-17-12/h7,10H,4-6H2,1-3H3,(H,14,19)(H2,15,16,17,18). The quantitative estimate of drug-likeness (QED) is 0.745. The molecule has 1 aliphatic rings. The number of aromatic nitrogens is 2. The largest absolute Gasteiger partial charge is 0.355 e. The van der Waals surface area contributed by atoms with Crippen molar-refractivity contribution < 1.29 is 9.59 Å². The van der Waals surface area contributed by atoms with Gasteiger partial charge in [-0.3, -0.25) is 14.7 Å². The number of aryl methyl sites for hydroxylation is 1. The number of amides is 2. The van der Waals surface area contributed by atoms with Crippen LogP contribution in [0.2, 0.25) is 0 Å². The highest BCUT2D eigenvalue weighted by Gasteiger charge is 2.38. The van der Waals surface area contributed by atoms with E-state index in [1.165, 1.54) is 0 Å². The van der Waals surface area contributed by atoms with Crippen LogP contribution in [0.5, 0.6) is 0 Å². The SMILES string of the molecule is Cc1[nH]nc(NC(=O)CCNC(=O)C2CC2C)c1C. The van der Waals surface area contributed by atoms with E-state index in [9.17, 15) is 9.59 Å². The summed E-state index contributed by atoms with van der Waals surface area (Å²) in [6.07, 6.45) is 1.22. The molecule has 0 aliphatic heterocycles. The number of nitrogens with one attached hydrogen (secondary N) is 3. The lowest BCUT2D eigenvalue weighted by atomic mass is 10.2. The zero-order valence-corrected chi connectivity index (χ0v) is 11.5. The van der Waals surface area contributed by atoms with Crippen molar-refractivity contribution >= 4 is 17.6 Å². The minimum atomic E-state index is -0.140. The normalized spacial score (nSPS) is 21.0. The Hall–Kier alpha value is -1.85. The molecule has 1 heterocycles. The Morgan fingerprint density at radius 1 is 1.42 bits per heavy atom. The molecule has 0 saturated heterocycles. The van der Waals surface area contributed by atoms with Crippen molar-refractivity contribution in [3.05, 3.63) is 11.3 Å². The summed E-state index contributed by atoms with van der Waals surface area (Å²) >= 11 is 0. The van der Waals surface area contributed by atoms with Crippen LogP contribution in [0.15, 0.2) is 0 Å². The van der Waals surface area contributed by atoms with Gasteiger partial charge in [0.1, 0.15) is 0 Å². The number of rotatable bonds is 5. The molecule has 3 N–H and O–H groups in total. The molecular formula is C13H20N4O2. The minimum Gasteiger partial charge on any atom is -0.355 e. The van der Waals surface area contributed by atoms with Crippen molar-refractivity contribution in [2.45, 2.75) is 33.6 Å². The van der Waals surface area contributed by atoms with Crippen LogP contribution in [0.1, 0.15) is 31.0 Å². The van der Waals surface area contributed by atoms with Crippen molar-refractivity contribution in [2.75, 3.05) is 11.9 Å². The van der Waals surface area contributed by atoms with Gasteiger partial charge in [-0.05, 0) is 26.2 Å². The van der Waals surface area contributed by atoms with Gasteiger partial charge in [0.25, 0.3) is 0 Å². The zero-order chi connectivity index (χ0) is 14.0. The summed E-state index contributed by atoms with van der Waals surface area (Å²) in [7, 11) is 0. The molecule has 0 spiro atoms. The third-order valence-electron chi connectivity index (χ3n) is 3.61. The lowest BCUT2D eigenvalue weighted by molar-refractivity contribution is -0.122. The van der Waals surface area contributed by atoms with Crippen LogP contribution in [0.25, 0.3) is 0 Å². The Balaban J connectivity index is 1.70. The van der Waals surface area contributed by atoms with Crippen molar-refractivity contribution in [3.8, 4) is 0 Å². The average molecular weight is 264 g/mol. The second-order valence-corrected chi connectivity index (χ2v) is 5.23. The molecule has 0 bridgehead atoms. The fourth-order valence-electron chi connectivity index (χ4n) is 1.92. The highest BCUT2D eigenvalue weighted by Crippen LogP contribution is 2.37. The Morgan fingerprint density at radius 3 is 2.63 bits per heavy atom. The number of aromatic amines is 1. The molecule has 19 heavy (non-hydrogen) atoms. The van der Waals surface area contributed by atoms with Gasteiger partial charge in [-0.2, -0.15) is 5.10 Å². The number of hydrogen-bond donors (Lipinski definition) is 3. The number of anilines is 1. The fraction of sp³-hybridized carbons (Fsp3) is 0.615. The first-order valence-electron chi connectivity index (χ1n) is 6.58. The van der Waals surface area contributed by atoms with Gasteiger partial charge in [-0.15, -0.1) is 0 Å². The van der Waals surface area contributed by atoms with Crippen LogP contribution in [0.4, 0.5) is 5.82 Å². The van der Waals surface area contributed by atoms with E-state index in [0.717, 1.165) is 17.7 Å². The molecular weight excluding hydrogens is 244 g/mol. The van der Waals surface area contributed by atoms with E-state index in [2.05, 4.69) is 27.8 Å². The minimum absolute atomic E-state index is 0.0621. The summed E-state index contributed by atoms with van der Waals surface area (Å²) in [5.74, 6) is 1.12. The van der Waals surface area contributed by atoms with E-state index in [1.807, 2.05) is 13.8 Å². The van der Waals surface area contributed by atoms with Crippen LogP contribution < -0.4 is 10.6 Å². The fourth-order valence-corrected chi connectivity index (χ4v) is 1.92. The Kier molecular flexibility index (Phi) is 3.87. The number of hydrogen-bond acceptors (Lipinski definition) is 3. The van der Waals surface area contributed by atoms with Gasteiger partial charge in [-0.25, -0.2) is 0 Å². The highest BCUT2D eigenvalue weighted by molar-refractivity contribution is 5.91. The van der Waals surface area contributed by atoms with Gasteiger partial charge >= 0.3 is 0 Å². The number of nitrogens with zero attached hydrogens (tertiary/aromatic N) is 1. The smallest absolute Gasteiger partial charge is 0.227 e. The van der Waals surface area contributed by atoms with Gasteiger partial charge in [0, 0.05) is 30.1 Å². The van der Waals surface area contributed by atoms with Crippen molar-refractivity contribution in [1.82, 2.24) is 15.5 Å². The lowest BCUT2D eigenvalue weighted by Gasteiger charge is -2.05. The molecule has 6 nitrogen and oxygen atoms in total. The predicted octanol–water partition coefficient (Wildman–Crippen LogP) is 1.13. The first-order chi connectivity index (χ1) is 8.99. The zero-order valence-electron chi connectivity index (χ0n) is 11.5. The summed E-state index contributed by atoms with van der Waals surface area (Å²) in [4.78, 5) is 23.2. The Bertz CT molecular complexity index is 495. The van der Waals surface area contributed by atoms with Crippen LogP contribution in [0, 0.1) is 25.7 Å². The molecule has 1 aliphatic carbocycles. The summed E-state index contributed by atoms with van der Waals surface area (Å²) in [6, 6.07) is 0. The second kappa shape index (κ2) is 5.42. The van der Waals surface area contributed by atoms with Crippen LogP contribution in [-0.2, 0) is 9.59 Å². The summed E-state index contributed by atoms with van der Waals surface area (Å²) in [5, 5.41) is 12.3. The lowest BCUT2D eigenvalue weighted by Crippen LogP contribution is -2.29. The van der Waals surface area contributed by atoms with Crippen LogP contribution in [0.3, 0.4) is 0 Å². The molecule has 2 atom stereocenters. The maximum Gasteiger partial charge on any atom is 0.227 e. The molecule has 2 amide bonds. The third kappa shape index (κ3) is 3.33. The third-order valence-corrected chi connectivity index (χ3v) is 3.61. The number of carbonyl (C=O) groups excluding carboxylic acids is 2. The molecule has 1 aromatic heterocycles. The highest BCUT2D eigenvalue weighted by atomic mass is 16.2. The number of carbonyl (C=O) groups is 2. The molecule has 6 heteroatoms. The first kappa shape index (κ1) is 13.6. The summed E-state index contributed by atoms with van der Waals surface area (Å²) < 4.78 is 0. The van der Waals surface area contributed by atoms with E-state index in [-0.39, 0.29) is 24.2 Å². The van der Waals surface area contributed by atoms with Crippen molar-refractivity contribution in [1.29, 1.82) is 0 Å². The van der Waals surface area contributed by atoms with E-state index in [0.29, 0.717) is 18.3 Å². The molecule has 1 saturated carbocycles. The molecule has 1 fully saturated rings. The van der Waals surface area contributed by atoms with Gasteiger partial charge in [0.2, 0.25) is 11.8 Å². The van der Waals surface area contributed by atoms with E-state index in [1.54, 1.807) is 0 Å². The topological polar surface area (TPSA) is 86.9 Å². The summed E-state index contributed by atoms with van der Waals surface area (Å²) in [5.41, 5.74) is 1.87. The average Bonchev–Trinajstić information content (AvgIpc) is 3.02. The summed E-state index contributed by atoms with van der Waals surface area (Å²) in [6.45, 7) is 6.22. The molecule has 1 aromatic rings. The molecule has 2 rings (SSSR count). The number of H-pyrrole nitrogens is 1. The van der Waals surface area contributed by atoms with Gasteiger partial charge in [0.05, 0.1) is 0 Å². The first-order valence-corrected chi connectivity index (χ1v) is 6.58. The van der Waals surface area contributed by atoms with E-state index >= 15 is 0 Å². The van der Waals surface area contributed by atoms with Gasteiger partial charge in [0.15, 0.2) is 5.82 Å².